The smallest absolute Gasteiger partial charge is 0.243 e. The Bertz CT molecular complexity index is 498. The van der Waals surface area contributed by atoms with Crippen molar-refractivity contribution in [1.29, 1.82) is 0 Å². The van der Waals surface area contributed by atoms with Gasteiger partial charge in [-0.15, -0.1) is 0 Å². The Morgan fingerprint density at radius 3 is 2.68 bits per heavy atom. The first-order chi connectivity index (χ1) is 9.19. The van der Waals surface area contributed by atoms with Gasteiger partial charge in [0, 0.05) is 13.5 Å². The van der Waals surface area contributed by atoms with Gasteiger partial charge in [0.15, 0.2) is 5.82 Å². The van der Waals surface area contributed by atoms with Crippen LogP contribution < -0.4 is 5.73 Å². The fourth-order valence-corrected chi connectivity index (χ4v) is 1.80. The molecule has 5 heteroatoms. The Hall–Kier alpha value is -1.72. The highest BCUT2D eigenvalue weighted by Gasteiger charge is 2.16. The van der Waals surface area contributed by atoms with Gasteiger partial charge in [0.2, 0.25) is 5.89 Å². The lowest BCUT2D eigenvalue weighted by Crippen LogP contribution is -2.14. The summed E-state index contributed by atoms with van der Waals surface area (Å²) in [5, 5.41) is 3.92. The summed E-state index contributed by atoms with van der Waals surface area (Å²) < 4.78 is 10.4. The third-order valence-corrected chi connectivity index (χ3v) is 2.97. The zero-order valence-electron chi connectivity index (χ0n) is 11.2. The second-order valence-corrected chi connectivity index (χ2v) is 4.60. The molecular formula is C14H19N3O2. The Balaban J connectivity index is 1.98. The third-order valence-electron chi connectivity index (χ3n) is 2.97. The summed E-state index contributed by atoms with van der Waals surface area (Å²) in [6.07, 6.45) is 1.37. The molecule has 0 saturated heterocycles. The Kier molecular flexibility index (Phi) is 4.65. The van der Waals surface area contributed by atoms with Crippen LogP contribution in [-0.2, 0) is 17.6 Å². The van der Waals surface area contributed by atoms with Crippen LogP contribution in [0.25, 0.3) is 0 Å². The predicted octanol–water partition coefficient (Wildman–Crippen LogP) is 1.89. The zero-order chi connectivity index (χ0) is 13.7. The normalized spacial score (nSPS) is 14.3. The van der Waals surface area contributed by atoms with Crippen LogP contribution in [0.5, 0.6) is 0 Å². The summed E-state index contributed by atoms with van der Waals surface area (Å²) in [4.78, 5) is 4.31. The molecule has 1 heterocycles. The number of nitrogens with zero attached hydrogens (tertiary/aromatic N) is 2. The number of ether oxygens (including phenoxy) is 1. The first-order valence-electron chi connectivity index (χ1n) is 6.34. The van der Waals surface area contributed by atoms with E-state index in [1.807, 2.05) is 37.3 Å². The van der Waals surface area contributed by atoms with Crippen LogP contribution >= 0.6 is 0 Å². The molecule has 2 N–H and O–H groups in total. The van der Waals surface area contributed by atoms with E-state index in [-0.39, 0.29) is 12.1 Å². The monoisotopic (exact) mass is 261 g/mol. The van der Waals surface area contributed by atoms with Gasteiger partial charge in [0.05, 0.1) is 12.1 Å². The number of hydrogen-bond acceptors (Lipinski definition) is 5. The molecular weight excluding hydrogens is 242 g/mol. The number of nitrogens with two attached hydrogens (primary N) is 1. The maximum Gasteiger partial charge on any atom is 0.243 e. The zero-order valence-corrected chi connectivity index (χ0v) is 11.2. The van der Waals surface area contributed by atoms with Crippen LogP contribution in [0.3, 0.4) is 0 Å². The van der Waals surface area contributed by atoms with Gasteiger partial charge in [-0.1, -0.05) is 35.5 Å². The lowest BCUT2D eigenvalue weighted by atomic mass is 10.1. The summed E-state index contributed by atoms with van der Waals surface area (Å²) >= 11 is 0. The van der Waals surface area contributed by atoms with E-state index in [1.165, 1.54) is 0 Å². The molecule has 0 aliphatic heterocycles. The summed E-state index contributed by atoms with van der Waals surface area (Å²) in [7, 11) is 1.66. The molecule has 1 aromatic heterocycles. The van der Waals surface area contributed by atoms with Gasteiger partial charge in [-0.05, 0) is 18.9 Å². The standard InChI is InChI=1S/C14H19N3O2/c1-10(18-2)8-13-16-14(19-17-13)12(15)9-11-6-4-3-5-7-11/h3-7,10,12H,8-9,15H2,1-2H3. The quantitative estimate of drug-likeness (QED) is 0.859. The molecule has 0 bridgehead atoms. The first-order valence-corrected chi connectivity index (χ1v) is 6.34. The van der Waals surface area contributed by atoms with Gasteiger partial charge in [-0.25, -0.2) is 0 Å². The summed E-state index contributed by atoms with van der Waals surface area (Å²) in [5.41, 5.74) is 7.23. The van der Waals surface area contributed by atoms with Crippen LogP contribution in [-0.4, -0.2) is 23.4 Å². The van der Waals surface area contributed by atoms with E-state index in [1.54, 1.807) is 7.11 Å². The largest absolute Gasteiger partial charge is 0.381 e. The first kappa shape index (κ1) is 13.7. The Morgan fingerprint density at radius 1 is 1.26 bits per heavy atom. The summed E-state index contributed by atoms with van der Waals surface area (Å²) in [6, 6.07) is 9.74. The molecule has 19 heavy (non-hydrogen) atoms. The molecule has 0 radical (unpaired) electrons. The van der Waals surface area contributed by atoms with Crippen LogP contribution in [0, 0.1) is 0 Å². The van der Waals surface area contributed by atoms with Crippen molar-refractivity contribution in [3.05, 3.63) is 47.6 Å². The molecule has 0 aliphatic rings. The van der Waals surface area contributed by atoms with E-state index >= 15 is 0 Å². The van der Waals surface area contributed by atoms with Crippen LogP contribution in [0.1, 0.15) is 30.2 Å². The van der Waals surface area contributed by atoms with Gasteiger partial charge in [-0.3, -0.25) is 0 Å². The molecule has 0 saturated carbocycles. The highest BCUT2D eigenvalue weighted by Crippen LogP contribution is 2.14. The fourth-order valence-electron chi connectivity index (χ4n) is 1.80. The van der Waals surface area contributed by atoms with E-state index in [4.69, 9.17) is 15.0 Å². The second-order valence-electron chi connectivity index (χ2n) is 4.60. The number of rotatable bonds is 6. The van der Waals surface area contributed by atoms with Crippen molar-refractivity contribution in [3.63, 3.8) is 0 Å². The highest BCUT2D eigenvalue weighted by atomic mass is 16.5. The number of methoxy groups -OCH3 is 1. The average molecular weight is 261 g/mol. The molecule has 5 nitrogen and oxygen atoms in total. The predicted molar refractivity (Wildman–Crippen MR) is 71.5 cm³/mol. The molecule has 0 spiro atoms. The van der Waals surface area contributed by atoms with Crippen molar-refractivity contribution in [3.8, 4) is 0 Å². The lowest BCUT2D eigenvalue weighted by Gasteiger charge is -2.06. The van der Waals surface area contributed by atoms with Crippen molar-refractivity contribution >= 4 is 0 Å². The molecule has 2 rings (SSSR count). The van der Waals surface area contributed by atoms with Gasteiger partial charge in [0.25, 0.3) is 0 Å². The molecule has 0 fully saturated rings. The Labute approximate surface area is 112 Å². The highest BCUT2D eigenvalue weighted by molar-refractivity contribution is 5.16. The Morgan fingerprint density at radius 2 is 2.00 bits per heavy atom. The molecule has 2 unspecified atom stereocenters. The van der Waals surface area contributed by atoms with E-state index in [2.05, 4.69) is 10.1 Å². The molecule has 102 valence electrons. The lowest BCUT2D eigenvalue weighted by molar-refractivity contribution is 0.116. The maximum absolute atomic E-state index is 6.08. The van der Waals surface area contributed by atoms with Gasteiger partial charge in [0.1, 0.15) is 0 Å². The van der Waals surface area contributed by atoms with Gasteiger partial charge in [-0.2, -0.15) is 4.98 Å². The van der Waals surface area contributed by atoms with Crippen molar-refractivity contribution < 1.29 is 9.26 Å². The second kappa shape index (κ2) is 6.45. The topological polar surface area (TPSA) is 74.2 Å². The minimum Gasteiger partial charge on any atom is -0.381 e. The SMILES string of the molecule is COC(C)Cc1noc(C(N)Cc2ccccc2)n1. The van der Waals surface area contributed by atoms with E-state index in [9.17, 15) is 0 Å². The number of aromatic nitrogens is 2. The van der Waals surface area contributed by atoms with Gasteiger partial charge >= 0.3 is 0 Å². The molecule has 0 amide bonds. The molecule has 2 atom stereocenters. The minimum absolute atomic E-state index is 0.0656. The average Bonchev–Trinajstić information content (AvgIpc) is 2.88. The van der Waals surface area contributed by atoms with E-state index < -0.39 is 0 Å². The molecule has 2 aromatic rings. The van der Waals surface area contributed by atoms with Gasteiger partial charge < -0.3 is 15.0 Å². The molecule has 1 aromatic carbocycles. The number of hydrogen-bond donors (Lipinski definition) is 1. The van der Waals surface area contributed by atoms with Crippen molar-refractivity contribution in [2.45, 2.75) is 31.9 Å². The fraction of sp³-hybridized carbons (Fsp3) is 0.429. The van der Waals surface area contributed by atoms with Crippen LogP contribution in [0.4, 0.5) is 0 Å². The number of benzene rings is 1. The van der Waals surface area contributed by atoms with Crippen LogP contribution in [0.2, 0.25) is 0 Å². The van der Waals surface area contributed by atoms with E-state index in [0.717, 1.165) is 5.56 Å². The van der Waals surface area contributed by atoms with E-state index in [0.29, 0.717) is 24.6 Å². The third kappa shape index (κ3) is 3.87. The van der Waals surface area contributed by atoms with Crippen molar-refractivity contribution in [1.82, 2.24) is 10.1 Å². The van der Waals surface area contributed by atoms with Crippen molar-refractivity contribution in [2.75, 3.05) is 7.11 Å². The summed E-state index contributed by atoms with van der Waals surface area (Å²) in [5.74, 6) is 1.11. The van der Waals surface area contributed by atoms with Crippen LogP contribution in [0.15, 0.2) is 34.9 Å². The maximum atomic E-state index is 6.08. The minimum atomic E-state index is -0.276. The van der Waals surface area contributed by atoms with Crippen molar-refractivity contribution in [2.24, 2.45) is 5.73 Å². The molecule has 0 aliphatic carbocycles. The summed E-state index contributed by atoms with van der Waals surface area (Å²) in [6.45, 7) is 1.96.